The molecule has 2 aromatic rings. The number of benzene rings is 1. The Balaban J connectivity index is 2.39. The highest BCUT2D eigenvalue weighted by Crippen LogP contribution is 2.35. The van der Waals surface area contributed by atoms with Crippen molar-refractivity contribution in [2.45, 2.75) is 16.1 Å². The Labute approximate surface area is 120 Å². The summed E-state index contributed by atoms with van der Waals surface area (Å²) in [5.74, 6) is 3.18. The predicted molar refractivity (Wildman–Crippen MR) is 67.5 cm³/mol. The van der Waals surface area contributed by atoms with Gasteiger partial charge in [0.1, 0.15) is 22.5 Å². The maximum Gasteiger partial charge on any atom is 0.416 e. The molecule has 0 unspecified atom stereocenters. The molecule has 0 saturated carbocycles. The van der Waals surface area contributed by atoms with E-state index in [1.807, 2.05) is 5.43 Å². The van der Waals surface area contributed by atoms with Gasteiger partial charge in [-0.1, -0.05) is 11.8 Å². The first-order chi connectivity index (χ1) is 9.79. The molecule has 2 rings (SSSR count). The van der Waals surface area contributed by atoms with E-state index in [4.69, 9.17) is 5.84 Å². The van der Waals surface area contributed by atoms with Crippen LogP contribution in [-0.2, 0) is 6.18 Å². The molecule has 0 amide bonds. The summed E-state index contributed by atoms with van der Waals surface area (Å²) in [5, 5.41) is -0.122. The quantitative estimate of drug-likeness (QED) is 0.513. The number of halogens is 5. The van der Waals surface area contributed by atoms with Crippen LogP contribution in [0.5, 0.6) is 0 Å². The number of nitrogens with two attached hydrogens (primary N) is 1. The Morgan fingerprint density at radius 1 is 1.10 bits per heavy atom. The third-order valence-corrected chi connectivity index (χ3v) is 3.35. The molecule has 0 aliphatic rings. The van der Waals surface area contributed by atoms with Gasteiger partial charge in [-0.3, -0.25) is 0 Å². The highest BCUT2D eigenvalue weighted by Gasteiger charge is 2.31. The number of hydrogen-bond acceptors (Lipinski definition) is 4. The molecule has 0 saturated heterocycles. The van der Waals surface area contributed by atoms with Gasteiger partial charge in [-0.2, -0.15) is 13.2 Å². The number of rotatable bonds is 3. The summed E-state index contributed by atoms with van der Waals surface area (Å²) in [6, 6.07) is 4.24. The first kappa shape index (κ1) is 15.5. The Morgan fingerprint density at radius 3 is 2.38 bits per heavy atom. The van der Waals surface area contributed by atoms with Gasteiger partial charge in [0, 0.05) is 11.0 Å². The lowest BCUT2D eigenvalue weighted by molar-refractivity contribution is -0.137. The lowest BCUT2D eigenvalue weighted by Gasteiger charge is -2.11. The van der Waals surface area contributed by atoms with Gasteiger partial charge in [-0.05, 0) is 24.3 Å². The highest BCUT2D eigenvalue weighted by molar-refractivity contribution is 7.99. The number of nitrogen functional groups attached to an aromatic ring is 1. The molecule has 1 aromatic heterocycles. The maximum absolute atomic E-state index is 13.5. The van der Waals surface area contributed by atoms with E-state index in [-0.39, 0.29) is 15.7 Å². The van der Waals surface area contributed by atoms with Crippen LogP contribution < -0.4 is 11.3 Å². The Hall–Kier alpha value is -1.87. The third-order valence-electron chi connectivity index (χ3n) is 2.39. The summed E-state index contributed by atoms with van der Waals surface area (Å²) in [5.41, 5.74) is 1.03. The van der Waals surface area contributed by atoms with Crippen molar-refractivity contribution in [1.82, 2.24) is 4.98 Å². The van der Waals surface area contributed by atoms with Crippen LogP contribution in [0.3, 0.4) is 0 Å². The van der Waals surface area contributed by atoms with Crippen LogP contribution in [-0.4, -0.2) is 4.98 Å². The molecule has 0 spiro atoms. The SMILES string of the molecule is NNc1cc(C(F)(F)F)cc(Sc2ccc(F)cc2F)n1. The summed E-state index contributed by atoms with van der Waals surface area (Å²) in [7, 11) is 0. The van der Waals surface area contributed by atoms with Gasteiger partial charge in [0.05, 0.1) is 5.56 Å². The van der Waals surface area contributed by atoms with Gasteiger partial charge in [0.2, 0.25) is 0 Å². The third kappa shape index (κ3) is 3.82. The molecule has 3 N–H and O–H groups in total. The summed E-state index contributed by atoms with van der Waals surface area (Å²) < 4.78 is 64.5. The van der Waals surface area contributed by atoms with Gasteiger partial charge in [0.25, 0.3) is 0 Å². The van der Waals surface area contributed by atoms with E-state index in [1.165, 1.54) is 0 Å². The number of anilines is 1. The fourth-order valence-corrected chi connectivity index (χ4v) is 2.31. The number of alkyl halides is 3. The molecule has 0 radical (unpaired) electrons. The summed E-state index contributed by atoms with van der Waals surface area (Å²) in [6.45, 7) is 0. The van der Waals surface area contributed by atoms with E-state index in [0.29, 0.717) is 17.8 Å². The topological polar surface area (TPSA) is 50.9 Å². The molecule has 0 aliphatic carbocycles. The summed E-state index contributed by atoms with van der Waals surface area (Å²) in [6.07, 6.45) is -4.59. The first-order valence-electron chi connectivity index (χ1n) is 5.48. The average Bonchev–Trinajstić information content (AvgIpc) is 2.40. The van der Waals surface area contributed by atoms with Gasteiger partial charge in [-0.15, -0.1) is 0 Å². The minimum Gasteiger partial charge on any atom is -0.308 e. The van der Waals surface area contributed by atoms with Crippen molar-refractivity contribution in [1.29, 1.82) is 0 Å². The average molecular weight is 321 g/mol. The maximum atomic E-state index is 13.5. The second-order valence-corrected chi connectivity index (χ2v) is 4.96. The molecule has 112 valence electrons. The number of hydrazine groups is 1. The van der Waals surface area contributed by atoms with Crippen molar-refractivity contribution in [3.63, 3.8) is 0 Å². The minimum atomic E-state index is -4.59. The van der Waals surface area contributed by atoms with E-state index in [9.17, 15) is 22.0 Å². The van der Waals surface area contributed by atoms with E-state index in [1.54, 1.807) is 0 Å². The lowest BCUT2D eigenvalue weighted by atomic mass is 10.2. The van der Waals surface area contributed by atoms with Crippen LogP contribution in [0.1, 0.15) is 5.56 Å². The molecule has 0 bridgehead atoms. The molecule has 0 atom stereocenters. The first-order valence-corrected chi connectivity index (χ1v) is 6.30. The largest absolute Gasteiger partial charge is 0.416 e. The molecule has 1 heterocycles. The van der Waals surface area contributed by atoms with Crippen molar-refractivity contribution in [2.24, 2.45) is 5.84 Å². The van der Waals surface area contributed by atoms with Gasteiger partial charge in [-0.25, -0.2) is 19.6 Å². The van der Waals surface area contributed by atoms with E-state index >= 15 is 0 Å². The Kier molecular flexibility index (Phi) is 4.33. The van der Waals surface area contributed by atoms with Crippen LogP contribution in [0.4, 0.5) is 27.8 Å². The van der Waals surface area contributed by atoms with Crippen LogP contribution in [0, 0.1) is 11.6 Å². The molecule has 0 aliphatic heterocycles. The predicted octanol–water partition coefficient (Wildman–Crippen LogP) is 3.82. The van der Waals surface area contributed by atoms with Crippen molar-refractivity contribution in [2.75, 3.05) is 5.43 Å². The van der Waals surface area contributed by atoms with Crippen LogP contribution in [0.25, 0.3) is 0 Å². The lowest BCUT2D eigenvalue weighted by Crippen LogP contribution is -2.12. The zero-order valence-electron chi connectivity index (χ0n) is 10.2. The summed E-state index contributed by atoms with van der Waals surface area (Å²) >= 11 is 0.634. The van der Waals surface area contributed by atoms with Gasteiger partial charge < -0.3 is 5.43 Å². The summed E-state index contributed by atoms with van der Waals surface area (Å²) in [4.78, 5) is 3.74. The molecular weight excluding hydrogens is 313 g/mol. The van der Waals surface area contributed by atoms with Crippen LogP contribution in [0.2, 0.25) is 0 Å². The fraction of sp³-hybridized carbons (Fsp3) is 0.0833. The van der Waals surface area contributed by atoms with Crippen molar-refractivity contribution in [3.8, 4) is 0 Å². The van der Waals surface area contributed by atoms with Crippen LogP contribution >= 0.6 is 11.8 Å². The van der Waals surface area contributed by atoms with Crippen molar-refractivity contribution < 1.29 is 22.0 Å². The van der Waals surface area contributed by atoms with Gasteiger partial charge in [0.15, 0.2) is 0 Å². The molecular formula is C12H8F5N3S. The monoisotopic (exact) mass is 321 g/mol. The van der Waals surface area contributed by atoms with Gasteiger partial charge >= 0.3 is 6.18 Å². The van der Waals surface area contributed by atoms with E-state index in [2.05, 4.69) is 4.98 Å². The zero-order valence-corrected chi connectivity index (χ0v) is 11.0. The van der Waals surface area contributed by atoms with E-state index < -0.39 is 23.4 Å². The Morgan fingerprint density at radius 2 is 1.81 bits per heavy atom. The minimum absolute atomic E-state index is 0.0498. The van der Waals surface area contributed by atoms with Crippen molar-refractivity contribution in [3.05, 3.63) is 47.5 Å². The molecule has 0 fully saturated rings. The second-order valence-electron chi connectivity index (χ2n) is 3.90. The molecule has 21 heavy (non-hydrogen) atoms. The van der Waals surface area contributed by atoms with Crippen molar-refractivity contribution >= 4 is 17.6 Å². The smallest absolute Gasteiger partial charge is 0.308 e. The Bertz CT molecular complexity index is 660. The van der Waals surface area contributed by atoms with Crippen LogP contribution in [0.15, 0.2) is 40.3 Å². The van der Waals surface area contributed by atoms with E-state index in [0.717, 1.165) is 24.3 Å². The number of aromatic nitrogens is 1. The standard InChI is InChI=1S/C12H8F5N3S/c13-7-1-2-9(8(14)5-7)21-11-4-6(12(15,16)17)3-10(19-11)20-18/h1-5H,18H2,(H,19,20). The second kappa shape index (κ2) is 5.86. The number of nitrogens with zero attached hydrogens (tertiary/aromatic N) is 1. The fourth-order valence-electron chi connectivity index (χ4n) is 1.47. The molecule has 9 heteroatoms. The highest BCUT2D eigenvalue weighted by atomic mass is 32.2. The molecule has 1 aromatic carbocycles. The number of pyridine rings is 1. The zero-order chi connectivity index (χ0) is 15.6. The number of hydrogen-bond donors (Lipinski definition) is 2. The normalized spacial score (nSPS) is 11.5. The number of nitrogens with one attached hydrogen (secondary N) is 1. The molecule has 3 nitrogen and oxygen atoms in total.